The van der Waals surface area contributed by atoms with Crippen LogP contribution in [-0.2, 0) is 9.59 Å². The van der Waals surface area contributed by atoms with E-state index in [4.69, 9.17) is 0 Å². The van der Waals surface area contributed by atoms with Crippen molar-refractivity contribution in [1.29, 1.82) is 0 Å². The van der Waals surface area contributed by atoms with Gasteiger partial charge < -0.3 is 5.11 Å². The maximum Gasteiger partial charge on any atom is 0.294 e. The van der Waals surface area contributed by atoms with Crippen molar-refractivity contribution in [3.05, 3.63) is 76.0 Å². The average Bonchev–Trinajstić information content (AvgIpc) is 2.80. The summed E-state index contributed by atoms with van der Waals surface area (Å²) in [6, 6.07) is 15.8. The van der Waals surface area contributed by atoms with Gasteiger partial charge in [0, 0.05) is 10.2 Å². The minimum absolute atomic E-state index is 0.126. The third-order valence-electron chi connectivity index (χ3n) is 3.79. The van der Waals surface area contributed by atoms with Crippen molar-refractivity contribution in [2.24, 2.45) is 0 Å². The molecular weight excluding hydrogens is 358 g/mol. The molecule has 116 valence electrons. The summed E-state index contributed by atoms with van der Waals surface area (Å²) in [5.41, 5.74) is 1.51. The number of carbonyl (C=O) groups is 2. The Morgan fingerprint density at radius 3 is 2.43 bits per heavy atom. The molecule has 0 saturated heterocycles. The number of amides is 1. The highest BCUT2D eigenvalue weighted by Gasteiger charge is 2.43. The number of anilines is 1. The van der Waals surface area contributed by atoms with Crippen LogP contribution in [0.4, 0.5) is 5.69 Å². The van der Waals surface area contributed by atoms with Crippen molar-refractivity contribution < 1.29 is 14.7 Å². The Kier molecular flexibility index (Phi) is 4.05. The second-order valence-corrected chi connectivity index (χ2v) is 6.20. The Morgan fingerprint density at radius 2 is 1.83 bits per heavy atom. The van der Waals surface area contributed by atoms with E-state index in [-0.39, 0.29) is 11.4 Å². The monoisotopic (exact) mass is 371 g/mol. The molecule has 1 aliphatic heterocycles. The number of aliphatic hydroxyl groups is 1. The van der Waals surface area contributed by atoms with Crippen LogP contribution in [0.5, 0.6) is 0 Å². The van der Waals surface area contributed by atoms with Gasteiger partial charge in [0.2, 0.25) is 0 Å². The van der Waals surface area contributed by atoms with Crippen molar-refractivity contribution in [2.45, 2.75) is 13.0 Å². The second kappa shape index (κ2) is 6.01. The van der Waals surface area contributed by atoms with Gasteiger partial charge in [-0.3, -0.25) is 14.5 Å². The summed E-state index contributed by atoms with van der Waals surface area (Å²) >= 11 is 3.38. The van der Waals surface area contributed by atoms with Gasteiger partial charge in [0.1, 0.15) is 0 Å². The highest BCUT2D eigenvalue weighted by Crippen LogP contribution is 2.41. The molecule has 1 aliphatic rings. The lowest BCUT2D eigenvalue weighted by atomic mass is 9.96. The summed E-state index contributed by atoms with van der Waals surface area (Å²) in [7, 11) is 0. The Hall–Kier alpha value is -2.40. The summed E-state index contributed by atoms with van der Waals surface area (Å²) in [6.45, 7) is 1.36. The first-order valence-corrected chi connectivity index (χ1v) is 7.88. The maximum atomic E-state index is 12.6. The maximum absolute atomic E-state index is 12.6. The summed E-state index contributed by atoms with van der Waals surface area (Å²) in [5, 5.41) is 10.2. The first-order chi connectivity index (χ1) is 11.0. The summed E-state index contributed by atoms with van der Waals surface area (Å²) in [5.74, 6) is -1.37. The number of nitrogens with zero attached hydrogens (tertiary/aromatic N) is 1. The van der Waals surface area contributed by atoms with Gasteiger partial charge >= 0.3 is 0 Å². The van der Waals surface area contributed by atoms with Crippen LogP contribution in [0.1, 0.15) is 18.5 Å². The predicted octanol–water partition coefficient (Wildman–Crippen LogP) is 3.94. The van der Waals surface area contributed by atoms with Gasteiger partial charge in [-0.1, -0.05) is 52.3 Å². The first-order valence-electron chi connectivity index (χ1n) is 7.09. The number of benzene rings is 2. The summed E-state index contributed by atoms with van der Waals surface area (Å²) < 4.78 is 0.811. The Bertz CT molecular complexity index is 814. The van der Waals surface area contributed by atoms with E-state index in [2.05, 4.69) is 15.9 Å². The molecule has 5 heteroatoms. The van der Waals surface area contributed by atoms with E-state index in [1.165, 1.54) is 11.8 Å². The lowest BCUT2D eigenvalue weighted by Crippen LogP contribution is -2.30. The Morgan fingerprint density at radius 1 is 1.13 bits per heavy atom. The average molecular weight is 372 g/mol. The smallest absolute Gasteiger partial charge is 0.294 e. The predicted molar refractivity (Wildman–Crippen MR) is 91.1 cm³/mol. The van der Waals surface area contributed by atoms with E-state index in [1.807, 2.05) is 36.4 Å². The fraction of sp³-hybridized carbons (Fsp3) is 0.111. The van der Waals surface area contributed by atoms with Crippen LogP contribution in [0.3, 0.4) is 0 Å². The SMILES string of the molecule is CC(=O)C1=C(O)C(=O)N(c2cccc(Br)c2)C1c1ccccc1. The van der Waals surface area contributed by atoms with Crippen molar-refractivity contribution >= 4 is 33.3 Å². The van der Waals surface area contributed by atoms with Gasteiger partial charge in [-0.05, 0) is 30.7 Å². The van der Waals surface area contributed by atoms with Crippen molar-refractivity contribution in [3.63, 3.8) is 0 Å². The van der Waals surface area contributed by atoms with Crippen LogP contribution < -0.4 is 4.90 Å². The minimum atomic E-state index is -0.629. The largest absolute Gasteiger partial charge is 0.503 e. The molecule has 0 saturated carbocycles. The number of aliphatic hydroxyl groups excluding tert-OH is 1. The molecule has 1 atom stereocenters. The zero-order valence-corrected chi connectivity index (χ0v) is 13.9. The number of rotatable bonds is 3. The molecule has 0 aliphatic carbocycles. The molecule has 1 unspecified atom stereocenters. The molecule has 23 heavy (non-hydrogen) atoms. The molecule has 0 spiro atoms. The van der Waals surface area contributed by atoms with Crippen LogP contribution in [-0.4, -0.2) is 16.8 Å². The number of halogens is 1. The molecule has 1 N–H and O–H groups in total. The van der Waals surface area contributed by atoms with Gasteiger partial charge in [0.15, 0.2) is 11.5 Å². The van der Waals surface area contributed by atoms with E-state index in [0.29, 0.717) is 5.69 Å². The highest BCUT2D eigenvalue weighted by molar-refractivity contribution is 9.10. The second-order valence-electron chi connectivity index (χ2n) is 5.29. The number of Topliss-reactive ketones (excluding diaryl/α,β-unsaturated/α-hetero) is 1. The topological polar surface area (TPSA) is 57.6 Å². The third kappa shape index (κ3) is 2.68. The molecule has 3 rings (SSSR count). The fourth-order valence-corrected chi connectivity index (χ4v) is 3.19. The molecule has 0 aromatic heterocycles. The molecule has 1 amide bonds. The summed E-state index contributed by atoms with van der Waals surface area (Å²) in [6.07, 6.45) is 0. The number of hydrogen-bond acceptors (Lipinski definition) is 3. The highest BCUT2D eigenvalue weighted by atomic mass is 79.9. The van der Waals surface area contributed by atoms with Crippen LogP contribution >= 0.6 is 15.9 Å². The molecule has 1 heterocycles. The van der Waals surface area contributed by atoms with Gasteiger partial charge in [-0.15, -0.1) is 0 Å². The van der Waals surface area contributed by atoms with Crippen LogP contribution in [0.25, 0.3) is 0 Å². The molecule has 2 aromatic rings. The first kappa shape index (κ1) is 15.5. The van der Waals surface area contributed by atoms with Gasteiger partial charge in [-0.25, -0.2) is 0 Å². The Balaban J connectivity index is 2.19. The van der Waals surface area contributed by atoms with E-state index >= 15 is 0 Å². The standard InChI is InChI=1S/C18H14BrNO3/c1-11(21)15-16(12-6-3-2-4-7-12)20(18(23)17(15)22)14-9-5-8-13(19)10-14/h2-10,16,22H,1H3. The van der Waals surface area contributed by atoms with Crippen LogP contribution in [0.15, 0.2) is 70.4 Å². The molecule has 2 aromatic carbocycles. The van der Waals surface area contributed by atoms with Crippen molar-refractivity contribution in [2.75, 3.05) is 4.90 Å². The zero-order chi connectivity index (χ0) is 16.6. The third-order valence-corrected chi connectivity index (χ3v) is 4.28. The zero-order valence-electron chi connectivity index (χ0n) is 12.4. The molecular formula is C18H14BrNO3. The van der Waals surface area contributed by atoms with Gasteiger partial charge in [-0.2, -0.15) is 0 Å². The Labute approximate surface area is 142 Å². The van der Waals surface area contributed by atoms with E-state index in [0.717, 1.165) is 10.0 Å². The molecule has 4 nitrogen and oxygen atoms in total. The lowest BCUT2D eigenvalue weighted by Gasteiger charge is -2.26. The van der Waals surface area contributed by atoms with Crippen molar-refractivity contribution in [3.8, 4) is 0 Å². The molecule has 0 radical (unpaired) electrons. The minimum Gasteiger partial charge on any atom is -0.503 e. The quantitative estimate of drug-likeness (QED) is 0.888. The van der Waals surface area contributed by atoms with Crippen molar-refractivity contribution in [1.82, 2.24) is 0 Å². The van der Waals surface area contributed by atoms with Crippen LogP contribution in [0.2, 0.25) is 0 Å². The molecule has 0 fully saturated rings. The normalized spacial score (nSPS) is 17.7. The molecule has 0 bridgehead atoms. The van der Waals surface area contributed by atoms with E-state index < -0.39 is 17.7 Å². The van der Waals surface area contributed by atoms with Gasteiger partial charge in [0.05, 0.1) is 11.6 Å². The van der Waals surface area contributed by atoms with Gasteiger partial charge in [0.25, 0.3) is 5.91 Å². The number of hydrogen-bond donors (Lipinski definition) is 1. The van der Waals surface area contributed by atoms with Crippen LogP contribution in [0, 0.1) is 0 Å². The lowest BCUT2D eigenvalue weighted by molar-refractivity contribution is -0.117. The summed E-state index contributed by atoms with van der Waals surface area (Å²) in [4.78, 5) is 26.0. The van der Waals surface area contributed by atoms with E-state index in [1.54, 1.807) is 18.2 Å². The number of ketones is 1. The van der Waals surface area contributed by atoms with E-state index in [9.17, 15) is 14.7 Å². The fourth-order valence-electron chi connectivity index (χ4n) is 2.81. The number of carbonyl (C=O) groups excluding carboxylic acids is 2.